The summed E-state index contributed by atoms with van der Waals surface area (Å²) in [6, 6.07) is 0. The van der Waals surface area contributed by atoms with Gasteiger partial charge in [0.25, 0.3) is 0 Å². The molecule has 4 nitrogen and oxygen atoms in total. The minimum Gasteiger partial charge on any atom is -0.389 e. The van der Waals surface area contributed by atoms with Crippen LogP contribution in [0.1, 0.15) is 22.5 Å². The van der Waals surface area contributed by atoms with E-state index in [4.69, 9.17) is 18.0 Å². The van der Waals surface area contributed by atoms with Crippen LogP contribution in [0.15, 0.2) is 0 Å². The van der Waals surface area contributed by atoms with Crippen molar-refractivity contribution in [1.82, 2.24) is 14.8 Å². The molecule has 0 saturated carbocycles. The van der Waals surface area contributed by atoms with E-state index in [1.807, 2.05) is 0 Å². The zero-order chi connectivity index (χ0) is 13.1. The largest absolute Gasteiger partial charge is 0.389 e. The molecule has 0 bridgehead atoms. The lowest BCUT2D eigenvalue weighted by molar-refractivity contribution is 0.148. The number of likely N-dealkylation sites (N-methyl/N-ethyl adjacent to an activating group) is 1. The molecule has 1 fully saturated rings. The molecule has 100 valence electrons. The van der Waals surface area contributed by atoms with E-state index in [0.717, 1.165) is 54.7 Å². The van der Waals surface area contributed by atoms with E-state index < -0.39 is 0 Å². The first-order valence-corrected chi connectivity index (χ1v) is 7.52. The summed E-state index contributed by atoms with van der Waals surface area (Å²) < 4.78 is 0. The predicted octanol–water partition coefficient (Wildman–Crippen LogP) is 1.09. The topological polar surface area (TPSA) is 45.4 Å². The van der Waals surface area contributed by atoms with Crippen molar-refractivity contribution in [2.45, 2.75) is 19.9 Å². The van der Waals surface area contributed by atoms with Gasteiger partial charge in [0.15, 0.2) is 0 Å². The van der Waals surface area contributed by atoms with Crippen molar-refractivity contribution in [3.63, 3.8) is 0 Å². The van der Waals surface area contributed by atoms with Gasteiger partial charge in [0.05, 0.1) is 17.1 Å². The van der Waals surface area contributed by atoms with Gasteiger partial charge in [-0.2, -0.15) is 0 Å². The van der Waals surface area contributed by atoms with Crippen LogP contribution >= 0.6 is 23.6 Å². The monoisotopic (exact) mass is 284 g/mol. The molecule has 1 aromatic heterocycles. The number of thiocarbonyl (C=S) groups is 1. The van der Waals surface area contributed by atoms with Crippen LogP contribution in [-0.4, -0.2) is 53.0 Å². The highest BCUT2D eigenvalue weighted by atomic mass is 32.1. The third-order valence-electron chi connectivity index (χ3n) is 3.26. The van der Waals surface area contributed by atoms with Gasteiger partial charge in [0.2, 0.25) is 0 Å². The number of aromatic nitrogens is 1. The number of thiazole rings is 1. The molecule has 0 aliphatic carbocycles. The van der Waals surface area contributed by atoms with Gasteiger partial charge in [0, 0.05) is 26.2 Å². The van der Waals surface area contributed by atoms with Gasteiger partial charge in [0.1, 0.15) is 10.00 Å². The third kappa shape index (κ3) is 3.26. The van der Waals surface area contributed by atoms with Crippen molar-refractivity contribution in [3.8, 4) is 0 Å². The van der Waals surface area contributed by atoms with Crippen LogP contribution in [0.3, 0.4) is 0 Å². The Kier molecular flexibility index (Phi) is 4.66. The van der Waals surface area contributed by atoms with Gasteiger partial charge in [-0.3, -0.25) is 4.90 Å². The average molecular weight is 284 g/mol. The third-order valence-corrected chi connectivity index (χ3v) is 4.70. The average Bonchev–Trinajstić information content (AvgIpc) is 2.75. The Morgan fingerprint density at radius 2 is 2.06 bits per heavy atom. The van der Waals surface area contributed by atoms with E-state index in [0.29, 0.717) is 4.99 Å². The Morgan fingerprint density at radius 3 is 2.56 bits per heavy atom. The normalized spacial score (nSPS) is 18.1. The number of aryl methyl sites for hydroxylation is 1. The Labute approximate surface area is 118 Å². The molecule has 2 rings (SSSR count). The second-order valence-electron chi connectivity index (χ2n) is 4.68. The fourth-order valence-corrected chi connectivity index (χ4v) is 3.39. The fourth-order valence-electron chi connectivity index (χ4n) is 2.10. The first-order valence-electron chi connectivity index (χ1n) is 6.29. The van der Waals surface area contributed by atoms with Crippen molar-refractivity contribution < 1.29 is 0 Å². The van der Waals surface area contributed by atoms with E-state index in [-0.39, 0.29) is 0 Å². The lowest BCUT2D eigenvalue weighted by Gasteiger charge is -2.31. The zero-order valence-electron chi connectivity index (χ0n) is 11.0. The highest BCUT2D eigenvalue weighted by Gasteiger charge is 2.17. The number of rotatable bonds is 4. The molecular weight excluding hydrogens is 264 g/mol. The molecule has 0 spiro atoms. The molecule has 2 N–H and O–H groups in total. The van der Waals surface area contributed by atoms with Crippen LogP contribution in [0.25, 0.3) is 0 Å². The minimum absolute atomic E-state index is 0.481. The van der Waals surface area contributed by atoms with Crippen LogP contribution in [0.2, 0.25) is 0 Å². The van der Waals surface area contributed by atoms with E-state index >= 15 is 0 Å². The molecule has 1 saturated heterocycles. The van der Waals surface area contributed by atoms with Crippen molar-refractivity contribution in [1.29, 1.82) is 0 Å². The van der Waals surface area contributed by atoms with E-state index in [1.165, 1.54) is 0 Å². The molecule has 1 aliphatic rings. The second-order valence-corrected chi connectivity index (χ2v) is 6.20. The standard InChI is InChI=1S/C12H20N4S2/c1-3-9-11(12(13)17)18-10(14-9)8-16-6-4-15(2)5-7-16/h3-8H2,1-2H3,(H2,13,17). The molecule has 1 aromatic rings. The first kappa shape index (κ1) is 13.9. The van der Waals surface area contributed by atoms with Crippen molar-refractivity contribution in [3.05, 3.63) is 15.6 Å². The summed E-state index contributed by atoms with van der Waals surface area (Å²) in [5.41, 5.74) is 6.79. The SMILES string of the molecule is CCc1nc(CN2CCN(C)CC2)sc1C(N)=S. The molecule has 1 aliphatic heterocycles. The minimum atomic E-state index is 0.481. The molecule has 0 atom stereocenters. The molecule has 6 heteroatoms. The second kappa shape index (κ2) is 6.06. The van der Waals surface area contributed by atoms with Gasteiger partial charge in [-0.1, -0.05) is 19.1 Å². The van der Waals surface area contributed by atoms with Crippen LogP contribution in [0, 0.1) is 0 Å². The molecule has 2 heterocycles. The molecule has 0 radical (unpaired) electrons. The highest BCUT2D eigenvalue weighted by Crippen LogP contribution is 2.21. The summed E-state index contributed by atoms with van der Waals surface area (Å²) >= 11 is 6.73. The number of nitrogens with two attached hydrogens (primary N) is 1. The molecule has 0 unspecified atom stereocenters. The van der Waals surface area contributed by atoms with Gasteiger partial charge in [-0.05, 0) is 13.5 Å². The van der Waals surface area contributed by atoms with Gasteiger partial charge in [-0.15, -0.1) is 11.3 Å². The zero-order valence-corrected chi connectivity index (χ0v) is 12.6. The number of hydrogen-bond acceptors (Lipinski definition) is 5. The van der Waals surface area contributed by atoms with Crippen LogP contribution in [0.5, 0.6) is 0 Å². The van der Waals surface area contributed by atoms with Crippen molar-refractivity contribution >= 4 is 28.5 Å². The maximum atomic E-state index is 5.74. The molecule has 0 amide bonds. The molecule has 18 heavy (non-hydrogen) atoms. The Morgan fingerprint density at radius 1 is 1.39 bits per heavy atom. The smallest absolute Gasteiger partial charge is 0.116 e. The first-order chi connectivity index (χ1) is 8.60. The summed E-state index contributed by atoms with van der Waals surface area (Å²) in [4.78, 5) is 10.9. The van der Waals surface area contributed by atoms with Crippen molar-refractivity contribution in [2.24, 2.45) is 5.73 Å². The summed E-state index contributed by atoms with van der Waals surface area (Å²) in [7, 11) is 2.17. The predicted molar refractivity (Wildman–Crippen MR) is 80.2 cm³/mol. The number of hydrogen-bond donors (Lipinski definition) is 1. The summed E-state index contributed by atoms with van der Waals surface area (Å²) in [5, 5.41) is 1.14. The molecular formula is C12H20N4S2. The van der Waals surface area contributed by atoms with E-state index in [9.17, 15) is 0 Å². The summed E-state index contributed by atoms with van der Waals surface area (Å²) in [5.74, 6) is 0. The molecule has 0 aromatic carbocycles. The van der Waals surface area contributed by atoms with Crippen LogP contribution < -0.4 is 5.73 Å². The summed E-state index contributed by atoms with van der Waals surface area (Å²) in [6.45, 7) is 7.51. The van der Waals surface area contributed by atoms with Crippen LogP contribution in [-0.2, 0) is 13.0 Å². The number of nitrogens with zero attached hydrogens (tertiary/aromatic N) is 3. The van der Waals surface area contributed by atoms with Crippen molar-refractivity contribution in [2.75, 3.05) is 33.2 Å². The van der Waals surface area contributed by atoms with Gasteiger partial charge < -0.3 is 10.6 Å². The Balaban J connectivity index is 2.03. The maximum absolute atomic E-state index is 5.74. The van der Waals surface area contributed by atoms with Crippen LogP contribution in [0.4, 0.5) is 0 Å². The number of piperazine rings is 1. The maximum Gasteiger partial charge on any atom is 0.116 e. The Bertz CT molecular complexity index is 422. The lowest BCUT2D eigenvalue weighted by Crippen LogP contribution is -2.43. The van der Waals surface area contributed by atoms with Gasteiger partial charge >= 0.3 is 0 Å². The fraction of sp³-hybridized carbons (Fsp3) is 0.667. The Hall–Kier alpha value is -0.560. The van der Waals surface area contributed by atoms with E-state index in [1.54, 1.807) is 11.3 Å². The highest BCUT2D eigenvalue weighted by molar-refractivity contribution is 7.81. The van der Waals surface area contributed by atoms with Gasteiger partial charge in [-0.25, -0.2) is 4.98 Å². The lowest BCUT2D eigenvalue weighted by atomic mass is 10.3. The quantitative estimate of drug-likeness (QED) is 0.839. The van der Waals surface area contributed by atoms with E-state index in [2.05, 4.69) is 28.8 Å². The summed E-state index contributed by atoms with van der Waals surface area (Å²) in [6.07, 6.45) is 0.895.